The Hall–Kier alpha value is 0.110. The SMILES string of the molecule is O=S(=O)(NCCCN1CCOCC1)c1c(Cl)cc(Br)cc1Cl. The first-order valence-electron chi connectivity index (χ1n) is 6.84. The summed E-state index contributed by atoms with van der Waals surface area (Å²) in [7, 11) is -3.72. The molecule has 1 aromatic rings. The Morgan fingerprint density at radius 3 is 2.41 bits per heavy atom. The van der Waals surface area contributed by atoms with Crippen molar-refractivity contribution in [1.82, 2.24) is 9.62 Å². The minimum atomic E-state index is -3.72. The van der Waals surface area contributed by atoms with Crippen molar-refractivity contribution in [1.29, 1.82) is 0 Å². The van der Waals surface area contributed by atoms with E-state index in [-0.39, 0.29) is 14.9 Å². The Balaban J connectivity index is 1.91. The van der Waals surface area contributed by atoms with E-state index in [1.54, 1.807) is 0 Å². The number of sulfonamides is 1. The first-order valence-corrected chi connectivity index (χ1v) is 9.87. The van der Waals surface area contributed by atoms with Crippen molar-refractivity contribution < 1.29 is 13.2 Å². The van der Waals surface area contributed by atoms with Crippen LogP contribution in [0.15, 0.2) is 21.5 Å². The van der Waals surface area contributed by atoms with Crippen LogP contribution in [0.2, 0.25) is 10.0 Å². The molecule has 1 aliphatic heterocycles. The van der Waals surface area contributed by atoms with E-state index >= 15 is 0 Å². The third-order valence-electron chi connectivity index (χ3n) is 3.28. The van der Waals surface area contributed by atoms with E-state index in [0.717, 1.165) is 32.8 Å². The molecule has 0 aromatic heterocycles. The van der Waals surface area contributed by atoms with Gasteiger partial charge in [-0.3, -0.25) is 4.90 Å². The molecule has 0 atom stereocenters. The first kappa shape index (κ1) is 18.4. The molecular formula is C13H17BrCl2N2O3S. The molecule has 22 heavy (non-hydrogen) atoms. The zero-order valence-corrected chi connectivity index (χ0v) is 15.7. The number of rotatable bonds is 6. The maximum Gasteiger partial charge on any atom is 0.243 e. The summed E-state index contributed by atoms with van der Waals surface area (Å²) < 4.78 is 33.1. The topological polar surface area (TPSA) is 58.6 Å². The third kappa shape index (κ3) is 5.06. The van der Waals surface area contributed by atoms with Crippen LogP contribution in [0, 0.1) is 0 Å². The zero-order valence-electron chi connectivity index (χ0n) is 11.8. The van der Waals surface area contributed by atoms with Crippen LogP contribution in [0.3, 0.4) is 0 Å². The highest BCUT2D eigenvalue weighted by Gasteiger charge is 2.22. The Labute approximate surface area is 149 Å². The summed E-state index contributed by atoms with van der Waals surface area (Å²) in [6.07, 6.45) is 0.713. The Kier molecular flexibility index (Phi) is 6.94. The molecule has 1 saturated heterocycles. The molecule has 0 saturated carbocycles. The van der Waals surface area contributed by atoms with Gasteiger partial charge in [-0.1, -0.05) is 39.1 Å². The van der Waals surface area contributed by atoms with Gasteiger partial charge in [0, 0.05) is 24.1 Å². The van der Waals surface area contributed by atoms with Crippen LogP contribution in [0.1, 0.15) is 6.42 Å². The predicted molar refractivity (Wildman–Crippen MR) is 91.2 cm³/mol. The van der Waals surface area contributed by atoms with Gasteiger partial charge in [0.05, 0.1) is 23.3 Å². The summed E-state index contributed by atoms with van der Waals surface area (Å²) in [5, 5.41) is 0.195. The van der Waals surface area contributed by atoms with Crippen LogP contribution in [0.25, 0.3) is 0 Å². The number of benzene rings is 1. The third-order valence-corrected chi connectivity index (χ3v) is 6.12. The second kappa shape index (κ2) is 8.28. The molecule has 2 rings (SSSR count). The Morgan fingerprint density at radius 1 is 1.23 bits per heavy atom. The van der Waals surface area contributed by atoms with Gasteiger partial charge in [0.1, 0.15) is 4.90 Å². The molecule has 1 aromatic carbocycles. The summed E-state index contributed by atoms with van der Waals surface area (Å²) in [5.74, 6) is 0. The van der Waals surface area contributed by atoms with E-state index in [9.17, 15) is 8.42 Å². The quantitative estimate of drug-likeness (QED) is 0.703. The molecule has 1 N–H and O–H groups in total. The summed E-state index contributed by atoms with van der Waals surface area (Å²) >= 11 is 15.2. The lowest BCUT2D eigenvalue weighted by atomic mass is 10.3. The summed E-state index contributed by atoms with van der Waals surface area (Å²) in [5.41, 5.74) is 0. The van der Waals surface area contributed by atoms with Gasteiger partial charge < -0.3 is 4.74 Å². The largest absolute Gasteiger partial charge is 0.379 e. The van der Waals surface area contributed by atoms with Gasteiger partial charge >= 0.3 is 0 Å². The number of hydrogen-bond acceptors (Lipinski definition) is 4. The van der Waals surface area contributed by atoms with Crippen molar-refractivity contribution in [3.8, 4) is 0 Å². The first-order chi connectivity index (χ1) is 10.4. The van der Waals surface area contributed by atoms with Crippen molar-refractivity contribution in [2.75, 3.05) is 39.4 Å². The molecule has 5 nitrogen and oxygen atoms in total. The molecule has 1 aliphatic rings. The number of hydrogen-bond donors (Lipinski definition) is 1. The molecule has 0 bridgehead atoms. The van der Waals surface area contributed by atoms with E-state index in [4.69, 9.17) is 27.9 Å². The predicted octanol–water partition coefficient (Wildman–Crippen LogP) is 2.76. The highest BCUT2D eigenvalue weighted by molar-refractivity contribution is 9.10. The van der Waals surface area contributed by atoms with E-state index < -0.39 is 10.0 Å². The molecule has 0 radical (unpaired) electrons. The van der Waals surface area contributed by atoms with Crippen LogP contribution in [0.5, 0.6) is 0 Å². The lowest BCUT2D eigenvalue weighted by molar-refractivity contribution is 0.0376. The van der Waals surface area contributed by atoms with Gasteiger partial charge in [0.25, 0.3) is 0 Å². The fourth-order valence-corrected chi connectivity index (χ4v) is 5.20. The van der Waals surface area contributed by atoms with Gasteiger partial charge in [0.2, 0.25) is 10.0 Å². The highest BCUT2D eigenvalue weighted by Crippen LogP contribution is 2.32. The van der Waals surface area contributed by atoms with E-state index in [1.807, 2.05) is 0 Å². The van der Waals surface area contributed by atoms with Crippen LogP contribution in [-0.2, 0) is 14.8 Å². The zero-order chi connectivity index (χ0) is 16.2. The Morgan fingerprint density at radius 2 is 1.82 bits per heavy atom. The lowest BCUT2D eigenvalue weighted by Crippen LogP contribution is -2.38. The minimum Gasteiger partial charge on any atom is -0.379 e. The van der Waals surface area contributed by atoms with Gasteiger partial charge in [-0.05, 0) is 25.1 Å². The van der Waals surface area contributed by atoms with Crippen LogP contribution in [0.4, 0.5) is 0 Å². The molecule has 1 heterocycles. The molecule has 0 amide bonds. The Bertz CT molecular complexity index is 599. The summed E-state index contributed by atoms with van der Waals surface area (Å²) in [6.45, 7) is 4.40. The van der Waals surface area contributed by atoms with E-state index in [0.29, 0.717) is 17.4 Å². The molecule has 124 valence electrons. The number of nitrogens with zero attached hydrogens (tertiary/aromatic N) is 1. The van der Waals surface area contributed by atoms with Crippen molar-refractivity contribution in [3.63, 3.8) is 0 Å². The minimum absolute atomic E-state index is 0.0783. The molecule has 0 aliphatic carbocycles. The second-order valence-corrected chi connectivity index (χ2v) is 8.34. The van der Waals surface area contributed by atoms with Gasteiger partial charge in [0.15, 0.2) is 0 Å². The number of morpholine rings is 1. The van der Waals surface area contributed by atoms with E-state index in [1.165, 1.54) is 12.1 Å². The van der Waals surface area contributed by atoms with Gasteiger partial charge in [-0.15, -0.1) is 0 Å². The maximum atomic E-state index is 12.3. The molecule has 1 fully saturated rings. The highest BCUT2D eigenvalue weighted by atomic mass is 79.9. The van der Waals surface area contributed by atoms with Crippen molar-refractivity contribution in [3.05, 3.63) is 26.7 Å². The standard InChI is InChI=1S/C13H17BrCl2N2O3S/c14-10-8-11(15)13(12(16)9-10)22(19,20)17-2-1-3-18-4-6-21-7-5-18/h8-9,17H,1-7H2. The van der Waals surface area contributed by atoms with Gasteiger partial charge in [-0.25, -0.2) is 13.1 Å². The van der Waals surface area contributed by atoms with Crippen LogP contribution >= 0.6 is 39.1 Å². The fourth-order valence-electron chi connectivity index (χ4n) is 2.19. The molecule has 0 unspecified atom stereocenters. The number of halogens is 3. The lowest BCUT2D eigenvalue weighted by Gasteiger charge is -2.26. The van der Waals surface area contributed by atoms with Crippen LogP contribution < -0.4 is 4.72 Å². The van der Waals surface area contributed by atoms with Crippen LogP contribution in [-0.4, -0.2) is 52.7 Å². The van der Waals surface area contributed by atoms with Crippen molar-refractivity contribution in [2.45, 2.75) is 11.3 Å². The smallest absolute Gasteiger partial charge is 0.243 e. The maximum absolute atomic E-state index is 12.3. The molecular weight excluding hydrogens is 415 g/mol. The summed E-state index contributed by atoms with van der Waals surface area (Å²) in [6, 6.07) is 3.02. The average molecular weight is 432 g/mol. The molecule has 0 spiro atoms. The monoisotopic (exact) mass is 430 g/mol. The van der Waals surface area contributed by atoms with Gasteiger partial charge in [-0.2, -0.15) is 0 Å². The fraction of sp³-hybridized carbons (Fsp3) is 0.538. The molecule has 9 heteroatoms. The van der Waals surface area contributed by atoms with Crippen molar-refractivity contribution in [2.24, 2.45) is 0 Å². The average Bonchev–Trinajstić information content (AvgIpc) is 2.43. The normalized spacial score (nSPS) is 16.9. The van der Waals surface area contributed by atoms with E-state index in [2.05, 4.69) is 25.6 Å². The number of nitrogens with one attached hydrogen (secondary N) is 1. The number of ether oxygens (including phenoxy) is 1. The van der Waals surface area contributed by atoms with Crippen molar-refractivity contribution >= 4 is 49.2 Å². The summed E-state index contributed by atoms with van der Waals surface area (Å²) in [4.78, 5) is 2.17. The second-order valence-electron chi connectivity index (χ2n) is 4.90.